The van der Waals surface area contributed by atoms with E-state index in [1.54, 1.807) is 24.3 Å². The molecule has 3 aliphatic heterocycles. The van der Waals surface area contributed by atoms with Gasteiger partial charge in [0.05, 0.1) is 44.5 Å². The van der Waals surface area contributed by atoms with Gasteiger partial charge in [0.1, 0.15) is 26.4 Å². The van der Waals surface area contributed by atoms with Crippen molar-refractivity contribution in [3.05, 3.63) is 104 Å². The third-order valence-corrected chi connectivity index (χ3v) is 9.83. The first-order chi connectivity index (χ1) is 29.0. The fourth-order valence-corrected chi connectivity index (χ4v) is 6.10. The number of aliphatic hydroxyl groups excluding tert-OH is 2. The van der Waals surface area contributed by atoms with Gasteiger partial charge in [-0.05, 0) is 69.4 Å². The Balaban J connectivity index is 0.000000334. The zero-order valence-corrected chi connectivity index (χ0v) is 35.0. The lowest BCUT2D eigenvalue weighted by atomic mass is 9.99. The zero-order chi connectivity index (χ0) is 43.9. The standard InChI is InChI=1S/C20H28O8.C12H20O2.C11H12O6S/c1-2-16(9-5-7-11-24-13-18-15-26-20(22)28-18)8-4-3-6-10-23-12-17-14-25-19(21)27-17;1-2-12(9-5-7-11-14)8-4-3-6-10-13;1-8-2-4-10(5-3-8)18(13,14)16-7-9-6-15-11(12)17-9/h2-3,5-7,16-18H,1,4,8-15H2;2-3,5-7,12-14H,1,4,8-11H2;2-5,9H,6-7H2,1H3/b2*6-3+,7-5-;. The van der Waals surface area contributed by atoms with E-state index >= 15 is 0 Å². The van der Waals surface area contributed by atoms with E-state index in [1.807, 2.05) is 43.4 Å². The predicted molar refractivity (Wildman–Crippen MR) is 220 cm³/mol. The summed E-state index contributed by atoms with van der Waals surface area (Å²) in [6.07, 6.45) is 21.8. The van der Waals surface area contributed by atoms with Crippen molar-refractivity contribution >= 4 is 28.6 Å². The molecule has 1 aromatic carbocycles. The number of aryl methyl sites for hydroxylation is 1. The summed E-state index contributed by atoms with van der Waals surface area (Å²) in [6, 6.07) is 6.27. The molecule has 3 heterocycles. The van der Waals surface area contributed by atoms with Gasteiger partial charge in [-0.15, -0.1) is 13.2 Å². The minimum Gasteiger partial charge on any atom is -0.430 e. The Morgan fingerprint density at radius 1 is 0.650 bits per heavy atom. The van der Waals surface area contributed by atoms with Crippen LogP contribution < -0.4 is 0 Å². The van der Waals surface area contributed by atoms with Gasteiger partial charge in [-0.3, -0.25) is 4.18 Å². The van der Waals surface area contributed by atoms with Crippen LogP contribution in [-0.2, 0) is 52.2 Å². The van der Waals surface area contributed by atoms with Gasteiger partial charge in [0.15, 0.2) is 18.3 Å². The normalized spacial score (nSPS) is 19.7. The molecule has 2 N–H and O–H groups in total. The molecule has 334 valence electrons. The summed E-state index contributed by atoms with van der Waals surface area (Å²) in [5.41, 5.74) is 0.951. The molecule has 1 aromatic rings. The van der Waals surface area contributed by atoms with Gasteiger partial charge in [-0.25, -0.2) is 14.4 Å². The molecule has 0 aliphatic carbocycles. The van der Waals surface area contributed by atoms with Gasteiger partial charge in [0, 0.05) is 0 Å². The number of rotatable bonds is 26. The third-order valence-electron chi connectivity index (χ3n) is 8.53. The van der Waals surface area contributed by atoms with Crippen molar-refractivity contribution in [1.29, 1.82) is 0 Å². The average molecular weight is 865 g/mol. The van der Waals surface area contributed by atoms with E-state index in [1.165, 1.54) is 12.1 Å². The van der Waals surface area contributed by atoms with Crippen LogP contribution in [0.3, 0.4) is 0 Å². The van der Waals surface area contributed by atoms with Gasteiger partial charge in [0.2, 0.25) is 0 Å². The van der Waals surface area contributed by atoms with E-state index < -0.39 is 34.7 Å². The molecule has 3 saturated heterocycles. The molecule has 0 aromatic heterocycles. The Morgan fingerprint density at radius 2 is 1.07 bits per heavy atom. The maximum absolute atomic E-state index is 11.8. The topological polar surface area (TPSA) is 209 Å². The molecule has 0 saturated carbocycles. The number of carbonyl (C=O) groups excluding carboxylic acids is 3. The van der Waals surface area contributed by atoms with E-state index in [2.05, 4.69) is 44.3 Å². The third kappa shape index (κ3) is 23.7. The summed E-state index contributed by atoms with van der Waals surface area (Å²) >= 11 is 0. The maximum atomic E-state index is 11.8. The molecule has 60 heavy (non-hydrogen) atoms. The fourth-order valence-electron chi connectivity index (χ4n) is 5.16. The Morgan fingerprint density at radius 3 is 1.50 bits per heavy atom. The molecule has 0 radical (unpaired) electrons. The molecule has 5 atom stereocenters. The zero-order valence-electron chi connectivity index (χ0n) is 34.2. The monoisotopic (exact) mass is 864 g/mol. The molecule has 3 fully saturated rings. The summed E-state index contributed by atoms with van der Waals surface area (Å²) < 4.78 is 67.5. The van der Waals surface area contributed by atoms with Gasteiger partial charge in [-0.1, -0.05) is 78.5 Å². The number of carbonyl (C=O) groups is 3. The van der Waals surface area contributed by atoms with Crippen molar-refractivity contribution in [2.24, 2.45) is 11.8 Å². The first kappa shape index (κ1) is 51.4. The van der Waals surface area contributed by atoms with Gasteiger partial charge < -0.3 is 48.1 Å². The highest BCUT2D eigenvalue weighted by atomic mass is 32.2. The van der Waals surface area contributed by atoms with Gasteiger partial charge in [0.25, 0.3) is 10.1 Å². The second kappa shape index (κ2) is 31.1. The minimum atomic E-state index is -3.83. The van der Waals surface area contributed by atoms with E-state index in [0.29, 0.717) is 38.3 Å². The minimum absolute atomic E-state index is 0.00223. The van der Waals surface area contributed by atoms with E-state index in [0.717, 1.165) is 44.1 Å². The van der Waals surface area contributed by atoms with Crippen LogP contribution in [0.2, 0.25) is 0 Å². The van der Waals surface area contributed by atoms with Crippen molar-refractivity contribution in [2.45, 2.75) is 68.7 Å². The quantitative estimate of drug-likeness (QED) is 0.0336. The summed E-state index contributed by atoms with van der Waals surface area (Å²) in [5, 5.41) is 17.1. The second-order valence-electron chi connectivity index (χ2n) is 13.4. The molecule has 5 unspecified atom stereocenters. The molecular weight excluding hydrogens is 805 g/mol. The van der Waals surface area contributed by atoms with Crippen molar-refractivity contribution < 1.29 is 75.1 Å². The highest BCUT2D eigenvalue weighted by molar-refractivity contribution is 7.86. The van der Waals surface area contributed by atoms with Crippen molar-refractivity contribution in [3.63, 3.8) is 0 Å². The Bertz CT molecular complexity index is 1640. The summed E-state index contributed by atoms with van der Waals surface area (Å²) in [6.45, 7) is 11.6. The lowest BCUT2D eigenvalue weighted by Crippen LogP contribution is -2.21. The van der Waals surface area contributed by atoms with Gasteiger partial charge in [-0.2, -0.15) is 8.42 Å². The first-order valence-corrected chi connectivity index (χ1v) is 21.1. The van der Waals surface area contributed by atoms with Crippen LogP contribution in [0.15, 0.2) is 103 Å². The largest absolute Gasteiger partial charge is 0.508 e. The molecule has 0 spiro atoms. The molecule has 0 amide bonds. The number of cyclic esters (lactones) is 6. The number of hydrogen-bond donors (Lipinski definition) is 2. The summed E-state index contributed by atoms with van der Waals surface area (Å²) in [7, 11) is -3.83. The lowest BCUT2D eigenvalue weighted by Gasteiger charge is -2.08. The molecule has 17 heteroatoms. The Kier molecular flexibility index (Phi) is 26.7. The van der Waals surface area contributed by atoms with Crippen LogP contribution >= 0.6 is 0 Å². The van der Waals surface area contributed by atoms with Crippen molar-refractivity contribution in [3.8, 4) is 0 Å². The molecule has 3 aliphatic rings. The summed E-state index contributed by atoms with van der Waals surface area (Å²) in [4.78, 5) is 32.2. The van der Waals surface area contributed by atoms with Crippen LogP contribution in [0.1, 0.15) is 44.1 Å². The molecule has 0 bridgehead atoms. The molecular formula is C43H60O16S. The predicted octanol–water partition coefficient (Wildman–Crippen LogP) is 6.47. The number of aliphatic hydroxyl groups is 2. The summed E-state index contributed by atoms with van der Waals surface area (Å²) in [5.74, 6) is 0.849. The SMILES string of the molecule is C=CC(C/C=C\CO)CC/C=C/CO.C=CC(C/C=C\COCC1COC(=O)O1)CC/C=C/COCC1COC(=O)O1.Cc1ccc(S(=O)(=O)OCC2COC(=O)O2)cc1. The van der Waals surface area contributed by atoms with Crippen LogP contribution in [0.5, 0.6) is 0 Å². The number of benzene rings is 1. The average Bonchev–Trinajstić information content (AvgIpc) is 3.99. The van der Waals surface area contributed by atoms with Crippen molar-refractivity contribution in [1.82, 2.24) is 0 Å². The second-order valence-corrected chi connectivity index (χ2v) is 15.0. The highest BCUT2D eigenvalue weighted by Crippen LogP contribution is 2.17. The van der Waals surface area contributed by atoms with Crippen LogP contribution in [0, 0.1) is 18.8 Å². The fraction of sp³-hybridized carbons (Fsp3) is 0.512. The van der Waals surface area contributed by atoms with Crippen LogP contribution in [-0.4, -0.2) is 121 Å². The Labute approximate surface area is 353 Å². The molecule has 4 rings (SSSR count). The van der Waals surface area contributed by atoms with Crippen LogP contribution in [0.4, 0.5) is 14.4 Å². The van der Waals surface area contributed by atoms with Crippen LogP contribution in [0.25, 0.3) is 0 Å². The van der Waals surface area contributed by atoms with Crippen molar-refractivity contribution in [2.75, 3.05) is 66.1 Å². The molecule has 16 nitrogen and oxygen atoms in total. The van der Waals surface area contributed by atoms with E-state index in [-0.39, 0.29) is 56.7 Å². The number of allylic oxidation sites excluding steroid dienone is 6. The number of hydrogen-bond acceptors (Lipinski definition) is 16. The maximum Gasteiger partial charge on any atom is 0.508 e. The number of ether oxygens (including phenoxy) is 8. The van der Waals surface area contributed by atoms with E-state index in [4.69, 9.17) is 33.3 Å². The van der Waals surface area contributed by atoms with Gasteiger partial charge >= 0.3 is 18.5 Å². The lowest BCUT2D eigenvalue weighted by molar-refractivity contribution is 0.0574. The first-order valence-electron chi connectivity index (χ1n) is 19.7. The van der Waals surface area contributed by atoms with E-state index in [9.17, 15) is 22.8 Å². The Hall–Kier alpha value is -4.78. The smallest absolute Gasteiger partial charge is 0.430 e. The highest BCUT2D eigenvalue weighted by Gasteiger charge is 2.28.